The van der Waals surface area contributed by atoms with Gasteiger partial charge in [-0.15, -0.1) is 0 Å². The second-order valence-electron chi connectivity index (χ2n) is 2.70. The minimum absolute atomic E-state index is 0.152. The maximum Gasteiger partial charge on any atom is 0.333 e. The summed E-state index contributed by atoms with van der Waals surface area (Å²) >= 11 is 0. The Kier molecular flexibility index (Phi) is 5.62. The van der Waals surface area contributed by atoms with E-state index in [-0.39, 0.29) is 25.3 Å². The highest BCUT2D eigenvalue weighted by molar-refractivity contribution is 7.85. The Morgan fingerprint density at radius 3 is 2.43 bits per heavy atom. The average molecular weight is 227 g/mol. The highest BCUT2D eigenvalue weighted by atomic mass is 32.2. The van der Waals surface area contributed by atoms with E-state index in [2.05, 4.69) is 5.32 Å². The Labute approximate surface area is 81.5 Å². The number of hydrogen-bond donors (Lipinski definition) is 4. The van der Waals surface area contributed by atoms with Crippen molar-refractivity contribution in [1.82, 2.24) is 5.32 Å². The lowest BCUT2D eigenvalue weighted by atomic mass is 10.3. The van der Waals surface area contributed by atoms with Gasteiger partial charge in [0.25, 0.3) is 10.1 Å². The number of aliphatic hydroxyl groups is 1. The first kappa shape index (κ1) is 13.3. The summed E-state index contributed by atoms with van der Waals surface area (Å²) in [5, 5.41) is 19.5. The van der Waals surface area contributed by atoms with Gasteiger partial charge in [0.1, 0.15) is 0 Å². The van der Waals surface area contributed by atoms with Crippen LogP contribution in [0, 0.1) is 0 Å². The summed E-state index contributed by atoms with van der Waals surface area (Å²) in [6.07, 6.45) is -1.34. The molecule has 1 atom stereocenters. The van der Waals surface area contributed by atoms with Gasteiger partial charge in [-0.25, -0.2) is 4.79 Å². The third-order valence-corrected chi connectivity index (χ3v) is 2.18. The number of rotatable bonds is 7. The maximum absolute atomic E-state index is 10.2. The number of hydrogen-bond acceptors (Lipinski definition) is 5. The van der Waals surface area contributed by atoms with Crippen molar-refractivity contribution in [2.75, 3.05) is 18.8 Å². The second-order valence-corrected chi connectivity index (χ2v) is 4.27. The van der Waals surface area contributed by atoms with Crippen molar-refractivity contribution in [1.29, 1.82) is 0 Å². The van der Waals surface area contributed by atoms with E-state index < -0.39 is 22.2 Å². The van der Waals surface area contributed by atoms with Gasteiger partial charge in [-0.05, 0) is 13.0 Å². The number of carboxylic acid groups (broad SMARTS) is 1. The molecule has 0 fully saturated rings. The molecule has 0 aliphatic heterocycles. The summed E-state index contributed by atoms with van der Waals surface area (Å²) in [7, 11) is -3.96. The molecule has 14 heavy (non-hydrogen) atoms. The van der Waals surface area contributed by atoms with Gasteiger partial charge in [0.2, 0.25) is 0 Å². The lowest BCUT2D eigenvalue weighted by Crippen LogP contribution is -2.33. The Hall–Kier alpha value is -0.700. The Balaban J connectivity index is 3.44. The zero-order valence-corrected chi connectivity index (χ0v) is 8.20. The van der Waals surface area contributed by atoms with E-state index >= 15 is 0 Å². The lowest BCUT2D eigenvalue weighted by molar-refractivity contribution is -0.146. The van der Waals surface area contributed by atoms with Crippen LogP contribution in [0.2, 0.25) is 0 Å². The fourth-order valence-electron chi connectivity index (χ4n) is 0.706. The lowest BCUT2D eigenvalue weighted by Gasteiger charge is -2.06. The minimum atomic E-state index is -3.96. The van der Waals surface area contributed by atoms with E-state index in [0.717, 1.165) is 0 Å². The van der Waals surface area contributed by atoms with E-state index in [1.54, 1.807) is 0 Å². The van der Waals surface area contributed by atoms with Crippen LogP contribution in [-0.4, -0.2) is 54.1 Å². The van der Waals surface area contributed by atoms with Gasteiger partial charge in [-0.3, -0.25) is 4.55 Å². The summed E-state index contributed by atoms with van der Waals surface area (Å²) in [4.78, 5) is 10.1. The van der Waals surface area contributed by atoms with Crippen LogP contribution in [0.1, 0.15) is 6.42 Å². The standard InChI is InChI=1S/C6H13NO6S/c8-5(6(9)10)4-7-2-1-3-14(11,12)13/h5,7-8H,1-4H2,(H,9,10)(H,11,12,13). The average Bonchev–Trinajstić information content (AvgIpc) is 2.01. The molecule has 0 heterocycles. The number of aliphatic carboxylic acids is 1. The highest BCUT2D eigenvalue weighted by Crippen LogP contribution is 1.87. The molecule has 0 aromatic rings. The van der Waals surface area contributed by atoms with Crippen LogP contribution in [-0.2, 0) is 14.9 Å². The Bertz CT molecular complexity index is 274. The van der Waals surface area contributed by atoms with Crippen molar-refractivity contribution in [2.24, 2.45) is 0 Å². The molecule has 0 radical (unpaired) electrons. The summed E-state index contributed by atoms with van der Waals surface area (Å²) < 4.78 is 28.8. The smallest absolute Gasteiger partial charge is 0.333 e. The van der Waals surface area contributed by atoms with E-state index in [9.17, 15) is 13.2 Å². The molecule has 0 saturated carbocycles. The Morgan fingerprint density at radius 1 is 1.43 bits per heavy atom. The van der Waals surface area contributed by atoms with Gasteiger partial charge in [0.15, 0.2) is 6.10 Å². The second kappa shape index (κ2) is 5.91. The fourth-order valence-corrected chi connectivity index (χ4v) is 1.21. The molecule has 0 aliphatic carbocycles. The van der Waals surface area contributed by atoms with Crippen molar-refractivity contribution in [3.63, 3.8) is 0 Å². The molecule has 0 rings (SSSR count). The number of nitrogens with one attached hydrogen (secondary N) is 1. The molecular formula is C6H13NO6S. The van der Waals surface area contributed by atoms with E-state index in [1.165, 1.54) is 0 Å². The number of aliphatic hydroxyl groups excluding tert-OH is 1. The molecule has 84 valence electrons. The van der Waals surface area contributed by atoms with Crippen molar-refractivity contribution in [3.8, 4) is 0 Å². The maximum atomic E-state index is 10.2. The van der Waals surface area contributed by atoms with Gasteiger partial charge in [-0.1, -0.05) is 0 Å². The number of carbonyl (C=O) groups is 1. The molecular weight excluding hydrogens is 214 g/mol. The SMILES string of the molecule is O=C(O)C(O)CNCCCS(=O)(=O)O. The normalized spacial score (nSPS) is 13.9. The molecule has 4 N–H and O–H groups in total. The topological polar surface area (TPSA) is 124 Å². The molecule has 0 aliphatic rings. The monoisotopic (exact) mass is 227 g/mol. The van der Waals surface area contributed by atoms with Crippen LogP contribution in [0.4, 0.5) is 0 Å². The molecule has 0 spiro atoms. The van der Waals surface area contributed by atoms with Crippen LogP contribution in [0.15, 0.2) is 0 Å². The van der Waals surface area contributed by atoms with Gasteiger partial charge in [-0.2, -0.15) is 8.42 Å². The van der Waals surface area contributed by atoms with Crippen LogP contribution in [0.25, 0.3) is 0 Å². The predicted molar refractivity (Wildman–Crippen MR) is 47.5 cm³/mol. The van der Waals surface area contributed by atoms with Crippen LogP contribution in [0.5, 0.6) is 0 Å². The molecule has 0 saturated heterocycles. The van der Waals surface area contributed by atoms with E-state index in [1.807, 2.05) is 0 Å². The summed E-state index contributed by atoms with van der Waals surface area (Å²) in [5.74, 6) is -1.73. The molecule has 8 heteroatoms. The summed E-state index contributed by atoms with van der Waals surface area (Å²) in [5.41, 5.74) is 0. The largest absolute Gasteiger partial charge is 0.479 e. The zero-order valence-electron chi connectivity index (χ0n) is 7.38. The Morgan fingerprint density at radius 2 is 2.00 bits per heavy atom. The van der Waals surface area contributed by atoms with Crippen molar-refractivity contribution in [3.05, 3.63) is 0 Å². The summed E-state index contributed by atoms with van der Waals surface area (Å²) in [6, 6.07) is 0. The van der Waals surface area contributed by atoms with Crippen molar-refractivity contribution in [2.45, 2.75) is 12.5 Å². The fraction of sp³-hybridized carbons (Fsp3) is 0.833. The van der Waals surface area contributed by atoms with Gasteiger partial charge < -0.3 is 15.5 Å². The third-order valence-electron chi connectivity index (χ3n) is 1.38. The van der Waals surface area contributed by atoms with Gasteiger partial charge >= 0.3 is 5.97 Å². The molecule has 7 nitrogen and oxygen atoms in total. The molecule has 0 amide bonds. The number of carboxylic acids is 1. The minimum Gasteiger partial charge on any atom is -0.479 e. The third kappa shape index (κ3) is 7.92. The first-order chi connectivity index (χ1) is 6.33. The van der Waals surface area contributed by atoms with E-state index in [0.29, 0.717) is 0 Å². The van der Waals surface area contributed by atoms with Crippen molar-refractivity contribution >= 4 is 16.1 Å². The quantitative estimate of drug-likeness (QED) is 0.302. The van der Waals surface area contributed by atoms with Gasteiger partial charge in [0, 0.05) is 6.54 Å². The molecule has 0 aromatic heterocycles. The van der Waals surface area contributed by atoms with Crippen LogP contribution < -0.4 is 5.32 Å². The predicted octanol–water partition coefficient (Wildman–Crippen LogP) is -1.70. The summed E-state index contributed by atoms with van der Waals surface area (Å²) in [6.45, 7) is 0.0605. The van der Waals surface area contributed by atoms with Gasteiger partial charge in [0.05, 0.1) is 5.75 Å². The molecule has 0 bridgehead atoms. The molecule has 1 unspecified atom stereocenters. The zero-order chi connectivity index (χ0) is 11.2. The highest BCUT2D eigenvalue weighted by Gasteiger charge is 2.11. The molecule has 0 aromatic carbocycles. The van der Waals surface area contributed by atoms with Crippen LogP contribution >= 0.6 is 0 Å². The van der Waals surface area contributed by atoms with E-state index in [4.69, 9.17) is 14.8 Å². The van der Waals surface area contributed by atoms with Crippen LogP contribution in [0.3, 0.4) is 0 Å². The first-order valence-corrected chi connectivity index (χ1v) is 5.50. The first-order valence-electron chi connectivity index (χ1n) is 3.89. The van der Waals surface area contributed by atoms with Crippen molar-refractivity contribution < 1.29 is 28.0 Å².